The summed E-state index contributed by atoms with van der Waals surface area (Å²) >= 11 is 0. The standard InChI is InChI=1S/C41H72O6/c1-4-5-24-30-38-39(47-38)31-26-21-17-13-10-11-14-18-22-27-32-40(43)45-35-37(34-42)46-41(44)33-28-23-19-15-9-7-6-8-12-16-20-25-29-36(2)3/h10,13-14,18,21,26,36-39,42H,4-9,11-12,15-17,19-20,22-25,27-35H2,1-3H3/b13-10-,18-14-,26-21-/t37-,38?,39?/m0/s1. The van der Waals surface area contributed by atoms with Gasteiger partial charge in [-0.05, 0) is 50.9 Å². The topological polar surface area (TPSA) is 85.4 Å². The third kappa shape index (κ3) is 28.8. The molecule has 0 spiro atoms. The molecule has 0 aromatic rings. The van der Waals surface area contributed by atoms with E-state index in [4.69, 9.17) is 14.2 Å². The number of hydrogen-bond donors (Lipinski definition) is 1. The minimum absolute atomic E-state index is 0.0959. The molecule has 1 heterocycles. The number of unbranched alkanes of at least 4 members (excludes halogenated alkanes) is 14. The molecule has 2 unspecified atom stereocenters. The van der Waals surface area contributed by atoms with Gasteiger partial charge in [0.05, 0.1) is 18.8 Å². The molecule has 1 aliphatic rings. The summed E-state index contributed by atoms with van der Waals surface area (Å²) in [6, 6.07) is 0. The molecule has 1 fully saturated rings. The van der Waals surface area contributed by atoms with Gasteiger partial charge in [0.15, 0.2) is 6.10 Å². The van der Waals surface area contributed by atoms with E-state index in [2.05, 4.69) is 57.2 Å². The first-order valence-electron chi connectivity index (χ1n) is 19.5. The summed E-state index contributed by atoms with van der Waals surface area (Å²) in [5.74, 6) is 0.176. The monoisotopic (exact) mass is 661 g/mol. The number of epoxide rings is 1. The first kappa shape index (κ1) is 43.1. The summed E-state index contributed by atoms with van der Waals surface area (Å²) < 4.78 is 16.3. The second kappa shape index (κ2) is 31.4. The molecule has 0 aliphatic carbocycles. The molecule has 0 radical (unpaired) electrons. The molecule has 0 bridgehead atoms. The van der Waals surface area contributed by atoms with Crippen molar-refractivity contribution in [2.24, 2.45) is 5.92 Å². The maximum absolute atomic E-state index is 12.2. The van der Waals surface area contributed by atoms with Gasteiger partial charge in [-0.3, -0.25) is 9.59 Å². The molecule has 6 heteroatoms. The first-order valence-corrected chi connectivity index (χ1v) is 19.5. The van der Waals surface area contributed by atoms with Gasteiger partial charge in [-0.25, -0.2) is 0 Å². The molecule has 47 heavy (non-hydrogen) atoms. The quantitative estimate of drug-likeness (QED) is 0.0326. The lowest BCUT2D eigenvalue weighted by Gasteiger charge is -2.15. The number of rotatable bonds is 33. The molecule has 0 amide bonds. The van der Waals surface area contributed by atoms with Gasteiger partial charge >= 0.3 is 11.9 Å². The van der Waals surface area contributed by atoms with Crippen LogP contribution in [0.25, 0.3) is 0 Å². The molecule has 1 saturated heterocycles. The highest BCUT2D eigenvalue weighted by atomic mass is 16.6. The number of carbonyl (C=O) groups is 2. The summed E-state index contributed by atoms with van der Waals surface area (Å²) in [5, 5.41) is 9.54. The third-order valence-electron chi connectivity index (χ3n) is 8.79. The van der Waals surface area contributed by atoms with Crippen LogP contribution < -0.4 is 0 Å². The smallest absolute Gasteiger partial charge is 0.306 e. The second-order valence-corrected chi connectivity index (χ2v) is 13.9. The highest BCUT2D eigenvalue weighted by molar-refractivity contribution is 5.70. The Morgan fingerprint density at radius 3 is 1.87 bits per heavy atom. The van der Waals surface area contributed by atoms with Crippen molar-refractivity contribution >= 4 is 11.9 Å². The van der Waals surface area contributed by atoms with Crippen molar-refractivity contribution in [3.05, 3.63) is 36.5 Å². The molecule has 0 aromatic carbocycles. The molecule has 3 atom stereocenters. The zero-order chi connectivity index (χ0) is 34.2. The van der Waals surface area contributed by atoms with Crippen LogP contribution in [-0.4, -0.2) is 48.6 Å². The van der Waals surface area contributed by atoms with E-state index >= 15 is 0 Å². The van der Waals surface area contributed by atoms with Gasteiger partial charge in [0.2, 0.25) is 0 Å². The van der Waals surface area contributed by atoms with Gasteiger partial charge in [-0.15, -0.1) is 0 Å². The van der Waals surface area contributed by atoms with Crippen molar-refractivity contribution in [1.29, 1.82) is 0 Å². The van der Waals surface area contributed by atoms with Gasteiger partial charge in [0.1, 0.15) is 6.61 Å². The Kier molecular flexibility index (Phi) is 28.8. The normalized spacial score (nSPS) is 17.0. The van der Waals surface area contributed by atoms with Crippen molar-refractivity contribution in [2.45, 2.75) is 193 Å². The maximum atomic E-state index is 12.2. The predicted octanol–water partition coefficient (Wildman–Crippen LogP) is 10.9. The Morgan fingerprint density at radius 2 is 1.26 bits per heavy atom. The molecule has 272 valence electrons. The van der Waals surface area contributed by atoms with E-state index < -0.39 is 6.10 Å². The number of esters is 2. The van der Waals surface area contributed by atoms with E-state index in [-0.39, 0.29) is 25.2 Å². The Hall–Kier alpha value is -1.92. The number of ether oxygens (including phenoxy) is 3. The average molecular weight is 661 g/mol. The lowest BCUT2D eigenvalue weighted by Crippen LogP contribution is -2.28. The number of aliphatic hydroxyl groups is 1. The summed E-state index contributed by atoms with van der Waals surface area (Å²) in [6.07, 6.45) is 39.6. The van der Waals surface area contributed by atoms with Crippen LogP contribution >= 0.6 is 0 Å². The van der Waals surface area contributed by atoms with Gasteiger partial charge in [-0.1, -0.05) is 154 Å². The van der Waals surface area contributed by atoms with E-state index in [1.807, 2.05) is 0 Å². The van der Waals surface area contributed by atoms with Gasteiger partial charge in [0, 0.05) is 12.8 Å². The van der Waals surface area contributed by atoms with Gasteiger partial charge < -0.3 is 19.3 Å². The van der Waals surface area contributed by atoms with Crippen LogP contribution in [0, 0.1) is 5.92 Å². The number of allylic oxidation sites excluding steroid dienone is 5. The van der Waals surface area contributed by atoms with E-state index in [0.29, 0.717) is 31.5 Å². The highest BCUT2D eigenvalue weighted by Gasteiger charge is 2.36. The SMILES string of the molecule is CCCCCC1OC1C/C=C\C/C=C\C/C=C\CCCC(=O)OC[C@H](CO)OC(=O)CCCCCCCCCCCCCCC(C)C. The first-order chi connectivity index (χ1) is 23.0. The summed E-state index contributed by atoms with van der Waals surface area (Å²) in [4.78, 5) is 24.2. The highest BCUT2D eigenvalue weighted by Crippen LogP contribution is 2.30. The summed E-state index contributed by atoms with van der Waals surface area (Å²) in [5.41, 5.74) is 0. The molecular weight excluding hydrogens is 588 g/mol. The lowest BCUT2D eigenvalue weighted by atomic mass is 10.0. The van der Waals surface area contributed by atoms with Crippen molar-refractivity contribution < 1.29 is 28.9 Å². The minimum Gasteiger partial charge on any atom is -0.462 e. The van der Waals surface area contributed by atoms with Gasteiger partial charge in [0.25, 0.3) is 0 Å². The van der Waals surface area contributed by atoms with E-state index in [1.54, 1.807) is 0 Å². The van der Waals surface area contributed by atoms with Crippen molar-refractivity contribution in [2.75, 3.05) is 13.2 Å². The number of carbonyl (C=O) groups excluding carboxylic acids is 2. The summed E-state index contributed by atoms with van der Waals surface area (Å²) in [6.45, 7) is 6.39. The van der Waals surface area contributed by atoms with E-state index in [1.165, 1.54) is 89.9 Å². The molecule has 0 saturated carbocycles. The zero-order valence-electron chi connectivity index (χ0n) is 30.6. The number of aliphatic hydroxyl groups excluding tert-OH is 1. The van der Waals surface area contributed by atoms with Crippen LogP contribution in [0.5, 0.6) is 0 Å². The fourth-order valence-electron chi connectivity index (χ4n) is 5.71. The maximum Gasteiger partial charge on any atom is 0.306 e. The largest absolute Gasteiger partial charge is 0.462 e. The molecule has 1 aliphatic heterocycles. The van der Waals surface area contributed by atoms with E-state index in [0.717, 1.165) is 50.9 Å². The Labute approximate surface area is 289 Å². The van der Waals surface area contributed by atoms with Crippen molar-refractivity contribution in [3.63, 3.8) is 0 Å². The molecular formula is C41H72O6. The number of hydrogen-bond acceptors (Lipinski definition) is 6. The van der Waals surface area contributed by atoms with Crippen molar-refractivity contribution in [3.8, 4) is 0 Å². The predicted molar refractivity (Wildman–Crippen MR) is 195 cm³/mol. The Bertz CT molecular complexity index is 832. The fourth-order valence-corrected chi connectivity index (χ4v) is 5.71. The molecule has 1 N–H and O–H groups in total. The van der Waals surface area contributed by atoms with Crippen LogP contribution in [0.15, 0.2) is 36.5 Å². The fraction of sp³-hybridized carbons (Fsp3) is 0.805. The molecule has 6 nitrogen and oxygen atoms in total. The lowest BCUT2D eigenvalue weighted by molar-refractivity contribution is -0.161. The van der Waals surface area contributed by atoms with Crippen LogP contribution in [0.2, 0.25) is 0 Å². The van der Waals surface area contributed by atoms with Crippen LogP contribution in [0.4, 0.5) is 0 Å². The van der Waals surface area contributed by atoms with Crippen LogP contribution in [-0.2, 0) is 23.8 Å². The molecule has 1 rings (SSSR count). The molecule has 0 aromatic heterocycles. The average Bonchev–Trinajstić information content (AvgIpc) is 3.81. The summed E-state index contributed by atoms with van der Waals surface area (Å²) in [7, 11) is 0. The zero-order valence-corrected chi connectivity index (χ0v) is 30.6. The van der Waals surface area contributed by atoms with Crippen LogP contribution in [0.3, 0.4) is 0 Å². The Morgan fingerprint density at radius 1 is 0.681 bits per heavy atom. The van der Waals surface area contributed by atoms with E-state index in [9.17, 15) is 14.7 Å². The third-order valence-corrected chi connectivity index (χ3v) is 8.79. The van der Waals surface area contributed by atoms with Crippen molar-refractivity contribution in [1.82, 2.24) is 0 Å². The second-order valence-electron chi connectivity index (χ2n) is 13.9. The Balaban J connectivity index is 1.92. The van der Waals surface area contributed by atoms with Gasteiger partial charge in [-0.2, -0.15) is 0 Å². The van der Waals surface area contributed by atoms with Crippen LogP contribution in [0.1, 0.15) is 175 Å². The minimum atomic E-state index is -0.794.